The first kappa shape index (κ1) is 12.5. The predicted molar refractivity (Wildman–Crippen MR) is 59.7 cm³/mol. The molecule has 3 unspecified atom stereocenters. The van der Waals surface area contributed by atoms with Gasteiger partial charge in [-0.05, 0) is 26.7 Å². The van der Waals surface area contributed by atoms with Gasteiger partial charge in [-0.15, -0.1) is 0 Å². The molecule has 1 amide bonds. The van der Waals surface area contributed by atoms with Gasteiger partial charge in [-0.3, -0.25) is 4.79 Å². The Morgan fingerprint density at radius 1 is 1.60 bits per heavy atom. The number of rotatable bonds is 4. The lowest BCUT2D eigenvalue weighted by Gasteiger charge is -2.27. The monoisotopic (exact) mass is 214 g/mol. The molecule has 4 heteroatoms. The molecule has 1 aliphatic rings. The van der Waals surface area contributed by atoms with Gasteiger partial charge in [0.05, 0.1) is 12.5 Å². The number of hydrogen-bond donors (Lipinski definition) is 2. The molecule has 0 aliphatic carbocycles. The second-order valence-electron chi connectivity index (χ2n) is 4.45. The van der Waals surface area contributed by atoms with Crippen LogP contribution in [0.5, 0.6) is 0 Å². The first-order chi connectivity index (χ1) is 7.13. The van der Waals surface area contributed by atoms with Crippen LogP contribution in [0, 0.1) is 5.92 Å². The van der Waals surface area contributed by atoms with Crippen molar-refractivity contribution in [1.82, 2.24) is 10.6 Å². The van der Waals surface area contributed by atoms with Crippen LogP contribution in [0.1, 0.15) is 26.7 Å². The summed E-state index contributed by atoms with van der Waals surface area (Å²) in [6, 6.07) is 0.646. The van der Waals surface area contributed by atoms with Crippen LogP contribution in [0.25, 0.3) is 0 Å². The van der Waals surface area contributed by atoms with E-state index in [0.717, 1.165) is 19.4 Å². The molecule has 2 N–H and O–H groups in total. The van der Waals surface area contributed by atoms with Crippen LogP contribution in [0.15, 0.2) is 0 Å². The molecule has 0 bridgehead atoms. The SMILES string of the molecule is COCC(C)NC(=O)C1CCC(C)NC1. The van der Waals surface area contributed by atoms with E-state index in [1.807, 2.05) is 6.92 Å². The Hall–Kier alpha value is -0.610. The molecule has 1 aliphatic heterocycles. The molecule has 0 aromatic carbocycles. The van der Waals surface area contributed by atoms with Crippen LogP contribution < -0.4 is 10.6 Å². The van der Waals surface area contributed by atoms with Crippen molar-refractivity contribution in [2.24, 2.45) is 5.92 Å². The summed E-state index contributed by atoms with van der Waals surface area (Å²) in [7, 11) is 1.65. The highest BCUT2D eigenvalue weighted by molar-refractivity contribution is 5.79. The number of methoxy groups -OCH3 is 1. The number of carbonyl (C=O) groups excluding carboxylic acids is 1. The largest absolute Gasteiger partial charge is 0.383 e. The van der Waals surface area contributed by atoms with E-state index in [1.165, 1.54) is 0 Å². The highest BCUT2D eigenvalue weighted by Gasteiger charge is 2.24. The highest BCUT2D eigenvalue weighted by atomic mass is 16.5. The van der Waals surface area contributed by atoms with Crippen LogP contribution in [0.3, 0.4) is 0 Å². The van der Waals surface area contributed by atoms with E-state index < -0.39 is 0 Å². The van der Waals surface area contributed by atoms with Gasteiger partial charge in [-0.2, -0.15) is 0 Å². The molecule has 0 aromatic heterocycles. The van der Waals surface area contributed by atoms with Crippen molar-refractivity contribution in [3.05, 3.63) is 0 Å². The molecule has 0 saturated carbocycles. The van der Waals surface area contributed by atoms with Gasteiger partial charge in [0.25, 0.3) is 0 Å². The second-order valence-corrected chi connectivity index (χ2v) is 4.45. The summed E-state index contributed by atoms with van der Waals surface area (Å²) in [5.74, 6) is 0.277. The summed E-state index contributed by atoms with van der Waals surface area (Å²) in [6.45, 7) is 5.48. The first-order valence-electron chi connectivity index (χ1n) is 5.66. The molecule has 0 aromatic rings. The molecule has 1 fully saturated rings. The Morgan fingerprint density at radius 2 is 2.33 bits per heavy atom. The van der Waals surface area contributed by atoms with E-state index in [2.05, 4.69) is 17.6 Å². The van der Waals surface area contributed by atoms with E-state index in [9.17, 15) is 4.79 Å². The van der Waals surface area contributed by atoms with Crippen molar-refractivity contribution in [3.8, 4) is 0 Å². The third-order valence-electron chi connectivity index (χ3n) is 2.84. The van der Waals surface area contributed by atoms with Gasteiger partial charge in [0, 0.05) is 25.7 Å². The van der Waals surface area contributed by atoms with E-state index in [-0.39, 0.29) is 17.9 Å². The van der Waals surface area contributed by atoms with Crippen LogP contribution in [0.2, 0.25) is 0 Å². The maximum atomic E-state index is 11.8. The maximum Gasteiger partial charge on any atom is 0.224 e. The highest BCUT2D eigenvalue weighted by Crippen LogP contribution is 2.14. The van der Waals surface area contributed by atoms with Crippen molar-refractivity contribution >= 4 is 5.91 Å². The zero-order valence-electron chi connectivity index (χ0n) is 9.88. The Kier molecular flexibility index (Phi) is 5.05. The van der Waals surface area contributed by atoms with Crippen LogP contribution in [0.4, 0.5) is 0 Å². The molecular formula is C11H22N2O2. The van der Waals surface area contributed by atoms with Crippen molar-refractivity contribution in [3.63, 3.8) is 0 Å². The smallest absolute Gasteiger partial charge is 0.224 e. The summed E-state index contributed by atoms with van der Waals surface area (Å²) in [5.41, 5.74) is 0. The van der Waals surface area contributed by atoms with Crippen molar-refractivity contribution in [2.45, 2.75) is 38.8 Å². The number of ether oxygens (including phenoxy) is 1. The molecule has 4 nitrogen and oxygen atoms in total. The summed E-state index contributed by atoms with van der Waals surface area (Å²) in [5, 5.41) is 6.29. The van der Waals surface area contributed by atoms with Gasteiger partial charge in [-0.25, -0.2) is 0 Å². The molecule has 0 spiro atoms. The van der Waals surface area contributed by atoms with Crippen molar-refractivity contribution in [2.75, 3.05) is 20.3 Å². The average molecular weight is 214 g/mol. The number of carbonyl (C=O) groups is 1. The van der Waals surface area contributed by atoms with E-state index in [1.54, 1.807) is 7.11 Å². The molecule has 1 rings (SSSR count). The first-order valence-corrected chi connectivity index (χ1v) is 5.66. The van der Waals surface area contributed by atoms with Crippen molar-refractivity contribution in [1.29, 1.82) is 0 Å². The summed E-state index contributed by atoms with van der Waals surface area (Å²) in [4.78, 5) is 11.8. The minimum Gasteiger partial charge on any atom is -0.383 e. The fourth-order valence-corrected chi connectivity index (χ4v) is 1.87. The van der Waals surface area contributed by atoms with Gasteiger partial charge >= 0.3 is 0 Å². The topological polar surface area (TPSA) is 50.4 Å². The molecule has 1 heterocycles. The lowest BCUT2D eigenvalue weighted by Crippen LogP contribution is -2.46. The van der Waals surface area contributed by atoms with Gasteiger partial charge in [-0.1, -0.05) is 0 Å². The zero-order chi connectivity index (χ0) is 11.3. The Bertz CT molecular complexity index is 201. The van der Waals surface area contributed by atoms with Gasteiger partial charge < -0.3 is 15.4 Å². The Labute approximate surface area is 91.8 Å². The third kappa shape index (κ3) is 4.18. The van der Waals surface area contributed by atoms with Gasteiger partial charge in [0.2, 0.25) is 5.91 Å². The Morgan fingerprint density at radius 3 is 2.87 bits per heavy atom. The summed E-state index contributed by atoms with van der Waals surface area (Å²) < 4.78 is 4.98. The van der Waals surface area contributed by atoms with E-state index in [4.69, 9.17) is 4.74 Å². The fourth-order valence-electron chi connectivity index (χ4n) is 1.87. The van der Waals surface area contributed by atoms with Crippen molar-refractivity contribution < 1.29 is 9.53 Å². The second kappa shape index (κ2) is 6.08. The molecule has 88 valence electrons. The van der Waals surface area contributed by atoms with Crippen LogP contribution in [-0.2, 0) is 9.53 Å². The predicted octanol–water partition coefficient (Wildman–Crippen LogP) is 0.526. The quantitative estimate of drug-likeness (QED) is 0.717. The zero-order valence-corrected chi connectivity index (χ0v) is 9.88. The minimum atomic E-state index is 0.0989. The molecule has 15 heavy (non-hydrogen) atoms. The summed E-state index contributed by atoms with van der Waals surface area (Å²) in [6.07, 6.45) is 2.07. The number of piperidine rings is 1. The Balaban J connectivity index is 2.27. The van der Waals surface area contributed by atoms with E-state index in [0.29, 0.717) is 12.6 Å². The van der Waals surface area contributed by atoms with Gasteiger partial charge in [0.1, 0.15) is 0 Å². The third-order valence-corrected chi connectivity index (χ3v) is 2.84. The lowest BCUT2D eigenvalue weighted by atomic mass is 9.94. The number of nitrogens with one attached hydrogen (secondary N) is 2. The van der Waals surface area contributed by atoms with Crippen LogP contribution >= 0.6 is 0 Å². The lowest BCUT2D eigenvalue weighted by molar-refractivity contribution is -0.126. The van der Waals surface area contributed by atoms with Gasteiger partial charge in [0.15, 0.2) is 0 Å². The maximum absolute atomic E-state index is 11.8. The molecule has 1 saturated heterocycles. The number of hydrogen-bond acceptors (Lipinski definition) is 3. The average Bonchev–Trinajstić information content (AvgIpc) is 2.18. The summed E-state index contributed by atoms with van der Waals surface area (Å²) >= 11 is 0. The van der Waals surface area contributed by atoms with E-state index >= 15 is 0 Å². The van der Waals surface area contributed by atoms with Crippen LogP contribution in [-0.4, -0.2) is 38.3 Å². The fraction of sp³-hybridized carbons (Fsp3) is 0.909. The minimum absolute atomic E-state index is 0.0989. The molecule has 0 radical (unpaired) electrons. The molecular weight excluding hydrogens is 192 g/mol. The molecule has 3 atom stereocenters. The normalized spacial score (nSPS) is 28.5. The standard InChI is InChI=1S/C11H22N2O2/c1-8-4-5-10(6-12-8)11(14)13-9(2)7-15-3/h8-10,12H,4-7H2,1-3H3,(H,13,14). The number of amides is 1.